The number of carbonyl (C=O) groups excluding carboxylic acids is 1. The van der Waals surface area contributed by atoms with E-state index in [1.165, 1.54) is 0 Å². The molecule has 0 unspecified atom stereocenters. The minimum atomic E-state index is 0.121. The van der Waals surface area contributed by atoms with Crippen LogP contribution in [0.15, 0.2) is 6.07 Å². The van der Waals surface area contributed by atoms with E-state index in [0.29, 0.717) is 17.3 Å². The SMILES string of the molecule is Cc1cc(Cl)nc2c1CCC2=O. The molecule has 0 bridgehead atoms. The highest BCUT2D eigenvalue weighted by molar-refractivity contribution is 6.29. The van der Waals surface area contributed by atoms with Crippen LogP contribution in [0.5, 0.6) is 0 Å². The van der Waals surface area contributed by atoms with Gasteiger partial charge in [-0.2, -0.15) is 0 Å². The van der Waals surface area contributed by atoms with Gasteiger partial charge in [-0.15, -0.1) is 0 Å². The van der Waals surface area contributed by atoms with E-state index < -0.39 is 0 Å². The fourth-order valence-corrected chi connectivity index (χ4v) is 1.81. The van der Waals surface area contributed by atoms with Gasteiger partial charge in [0.15, 0.2) is 5.78 Å². The molecule has 0 amide bonds. The van der Waals surface area contributed by atoms with E-state index in [9.17, 15) is 4.79 Å². The molecular weight excluding hydrogens is 174 g/mol. The Hall–Kier alpha value is -0.890. The molecule has 2 nitrogen and oxygen atoms in total. The van der Waals surface area contributed by atoms with Crippen LogP contribution in [0.1, 0.15) is 28.0 Å². The topological polar surface area (TPSA) is 30.0 Å². The van der Waals surface area contributed by atoms with Gasteiger partial charge in [-0.3, -0.25) is 4.79 Å². The van der Waals surface area contributed by atoms with Crippen LogP contribution >= 0.6 is 11.6 Å². The zero-order valence-corrected chi connectivity index (χ0v) is 7.48. The van der Waals surface area contributed by atoms with E-state index in [0.717, 1.165) is 17.5 Å². The van der Waals surface area contributed by atoms with Gasteiger partial charge in [0.2, 0.25) is 0 Å². The van der Waals surface area contributed by atoms with Crippen molar-refractivity contribution in [1.29, 1.82) is 0 Å². The summed E-state index contributed by atoms with van der Waals surface area (Å²) in [5.74, 6) is 0.121. The van der Waals surface area contributed by atoms with Gasteiger partial charge < -0.3 is 0 Å². The smallest absolute Gasteiger partial charge is 0.181 e. The largest absolute Gasteiger partial charge is 0.292 e. The maximum Gasteiger partial charge on any atom is 0.181 e. The van der Waals surface area contributed by atoms with E-state index >= 15 is 0 Å². The number of aromatic nitrogens is 1. The van der Waals surface area contributed by atoms with Crippen molar-refractivity contribution in [3.05, 3.63) is 28.0 Å². The average Bonchev–Trinajstić information content (AvgIpc) is 2.33. The maximum absolute atomic E-state index is 11.2. The number of halogens is 1. The Kier molecular flexibility index (Phi) is 1.65. The van der Waals surface area contributed by atoms with Crippen molar-refractivity contribution >= 4 is 17.4 Å². The Morgan fingerprint density at radius 1 is 1.50 bits per heavy atom. The lowest BCUT2D eigenvalue weighted by atomic mass is 10.1. The first-order valence-corrected chi connectivity index (χ1v) is 4.25. The Morgan fingerprint density at radius 2 is 2.25 bits per heavy atom. The first kappa shape index (κ1) is 7.74. The van der Waals surface area contributed by atoms with Crippen LogP contribution in [-0.4, -0.2) is 10.8 Å². The summed E-state index contributed by atoms with van der Waals surface area (Å²) in [6.45, 7) is 1.96. The highest BCUT2D eigenvalue weighted by Crippen LogP contribution is 2.25. The van der Waals surface area contributed by atoms with E-state index in [1.54, 1.807) is 6.07 Å². The summed E-state index contributed by atoms with van der Waals surface area (Å²) in [7, 11) is 0. The van der Waals surface area contributed by atoms with Gasteiger partial charge in [0.25, 0.3) is 0 Å². The normalized spacial score (nSPS) is 15.0. The number of fused-ring (bicyclic) bond motifs is 1. The highest BCUT2D eigenvalue weighted by atomic mass is 35.5. The van der Waals surface area contributed by atoms with Crippen LogP contribution in [0.2, 0.25) is 5.15 Å². The third-order valence-electron chi connectivity index (χ3n) is 2.18. The molecule has 0 fully saturated rings. The van der Waals surface area contributed by atoms with E-state index in [1.807, 2.05) is 6.92 Å². The second-order valence-electron chi connectivity index (χ2n) is 3.01. The summed E-state index contributed by atoms with van der Waals surface area (Å²) in [6, 6.07) is 1.80. The van der Waals surface area contributed by atoms with Crippen LogP contribution in [-0.2, 0) is 6.42 Å². The summed E-state index contributed by atoms with van der Waals surface area (Å²) in [5.41, 5.74) is 2.74. The lowest BCUT2D eigenvalue weighted by molar-refractivity contribution is 0.0990. The first-order chi connectivity index (χ1) is 5.68. The Morgan fingerprint density at radius 3 is 3.00 bits per heavy atom. The molecule has 0 aromatic carbocycles. The first-order valence-electron chi connectivity index (χ1n) is 3.87. The second kappa shape index (κ2) is 2.56. The number of hydrogen-bond acceptors (Lipinski definition) is 2. The van der Waals surface area contributed by atoms with E-state index in [-0.39, 0.29) is 5.78 Å². The zero-order chi connectivity index (χ0) is 8.72. The van der Waals surface area contributed by atoms with Crippen LogP contribution in [0, 0.1) is 6.92 Å². The lowest BCUT2D eigenvalue weighted by Crippen LogP contribution is -1.97. The minimum absolute atomic E-state index is 0.121. The summed E-state index contributed by atoms with van der Waals surface area (Å²) >= 11 is 5.73. The van der Waals surface area contributed by atoms with Crippen LogP contribution in [0.3, 0.4) is 0 Å². The molecule has 1 aliphatic carbocycles. The molecular formula is C9H8ClNO. The van der Waals surface area contributed by atoms with Crippen molar-refractivity contribution in [1.82, 2.24) is 4.98 Å². The standard InChI is InChI=1S/C9H8ClNO/c1-5-4-8(10)11-9-6(5)2-3-7(9)12/h4H,2-3H2,1H3. The van der Waals surface area contributed by atoms with Gasteiger partial charge >= 0.3 is 0 Å². The third kappa shape index (κ3) is 1.03. The quantitative estimate of drug-likeness (QED) is 0.575. The number of nitrogens with zero attached hydrogens (tertiary/aromatic N) is 1. The predicted molar refractivity (Wildman–Crippen MR) is 46.6 cm³/mol. The molecule has 1 heterocycles. The molecule has 0 N–H and O–H groups in total. The van der Waals surface area contributed by atoms with Gasteiger partial charge in [-0.1, -0.05) is 11.6 Å². The molecule has 1 aromatic rings. The fraction of sp³-hybridized carbons (Fsp3) is 0.333. The summed E-state index contributed by atoms with van der Waals surface area (Å²) in [4.78, 5) is 15.3. The monoisotopic (exact) mass is 181 g/mol. The molecule has 0 spiro atoms. The number of carbonyl (C=O) groups is 1. The zero-order valence-electron chi connectivity index (χ0n) is 6.72. The van der Waals surface area contributed by atoms with Crippen molar-refractivity contribution < 1.29 is 4.79 Å². The molecule has 0 saturated carbocycles. The third-order valence-corrected chi connectivity index (χ3v) is 2.38. The van der Waals surface area contributed by atoms with Gasteiger partial charge in [0, 0.05) is 6.42 Å². The van der Waals surface area contributed by atoms with Crippen molar-refractivity contribution in [2.45, 2.75) is 19.8 Å². The van der Waals surface area contributed by atoms with Gasteiger partial charge in [-0.05, 0) is 30.5 Å². The van der Waals surface area contributed by atoms with Crippen LogP contribution in [0.4, 0.5) is 0 Å². The van der Waals surface area contributed by atoms with Crippen molar-refractivity contribution in [2.75, 3.05) is 0 Å². The summed E-state index contributed by atoms with van der Waals surface area (Å²) in [6.07, 6.45) is 1.41. The molecule has 2 rings (SSSR count). The summed E-state index contributed by atoms with van der Waals surface area (Å²) < 4.78 is 0. The van der Waals surface area contributed by atoms with Crippen LogP contribution in [0.25, 0.3) is 0 Å². The molecule has 0 atom stereocenters. The predicted octanol–water partition coefficient (Wildman–Crippen LogP) is 2.17. The maximum atomic E-state index is 11.2. The number of pyridine rings is 1. The Bertz CT molecular complexity index is 360. The average molecular weight is 182 g/mol. The molecule has 0 saturated heterocycles. The van der Waals surface area contributed by atoms with Gasteiger partial charge in [0.1, 0.15) is 10.8 Å². The van der Waals surface area contributed by atoms with E-state index in [4.69, 9.17) is 11.6 Å². The Labute approximate surface area is 75.6 Å². The number of aryl methyl sites for hydroxylation is 1. The van der Waals surface area contributed by atoms with E-state index in [2.05, 4.69) is 4.98 Å². The van der Waals surface area contributed by atoms with Crippen LogP contribution < -0.4 is 0 Å². The number of Topliss-reactive ketones (excluding diaryl/α,β-unsaturated/α-hetero) is 1. The summed E-state index contributed by atoms with van der Waals surface area (Å²) in [5, 5.41) is 0.418. The minimum Gasteiger partial charge on any atom is -0.292 e. The van der Waals surface area contributed by atoms with Gasteiger partial charge in [0.05, 0.1) is 0 Å². The molecule has 1 aromatic heterocycles. The molecule has 0 radical (unpaired) electrons. The Balaban J connectivity index is 2.68. The van der Waals surface area contributed by atoms with Crippen molar-refractivity contribution in [3.8, 4) is 0 Å². The second-order valence-corrected chi connectivity index (χ2v) is 3.40. The molecule has 12 heavy (non-hydrogen) atoms. The molecule has 1 aliphatic rings. The van der Waals surface area contributed by atoms with Crippen molar-refractivity contribution in [3.63, 3.8) is 0 Å². The number of ketones is 1. The highest BCUT2D eigenvalue weighted by Gasteiger charge is 2.22. The molecule has 3 heteroatoms. The molecule has 0 aliphatic heterocycles. The fourth-order valence-electron chi connectivity index (χ4n) is 1.56. The lowest BCUT2D eigenvalue weighted by Gasteiger charge is -2.01. The van der Waals surface area contributed by atoms with Crippen molar-refractivity contribution in [2.24, 2.45) is 0 Å². The number of hydrogen-bond donors (Lipinski definition) is 0. The number of rotatable bonds is 0. The molecule has 62 valence electrons. The van der Waals surface area contributed by atoms with Gasteiger partial charge in [-0.25, -0.2) is 4.98 Å².